The molecule has 7 heteroatoms. The second-order valence-corrected chi connectivity index (χ2v) is 6.08. The smallest absolute Gasteiger partial charge is 0.246 e. The molecular formula is C19H18ClN3O3. The van der Waals surface area contributed by atoms with E-state index in [1.54, 1.807) is 19.2 Å². The number of rotatable bonds is 7. The monoisotopic (exact) mass is 371 g/mol. The first-order chi connectivity index (χ1) is 12.6. The molecule has 26 heavy (non-hydrogen) atoms. The average molecular weight is 372 g/mol. The summed E-state index contributed by atoms with van der Waals surface area (Å²) in [6.45, 7) is 0.189. The van der Waals surface area contributed by atoms with Gasteiger partial charge >= 0.3 is 0 Å². The molecule has 2 aromatic carbocycles. The second-order valence-electron chi connectivity index (χ2n) is 5.65. The lowest BCUT2D eigenvalue weighted by molar-refractivity contribution is -0.121. The van der Waals surface area contributed by atoms with Gasteiger partial charge in [-0.25, -0.2) is 0 Å². The number of carbonyl (C=O) groups is 1. The Labute approximate surface area is 156 Å². The van der Waals surface area contributed by atoms with E-state index in [-0.39, 0.29) is 12.5 Å². The first kappa shape index (κ1) is 17.9. The minimum Gasteiger partial charge on any atom is -0.497 e. The Hall–Kier alpha value is -2.86. The van der Waals surface area contributed by atoms with Gasteiger partial charge < -0.3 is 14.6 Å². The highest BCUT2D eigenvalue weighted by Gasteiger charge is 2.10. The van der Waals surface area contributed by atoms with Crippen molar-refractivity contribution in [3.63, 3.8) is 0 Å². The minimum atomic E-state index is -0.0803. The molecule has 0 aliphatic carbocycles. The van der Waals surface area contributed by atoms with E-state index in [1.807, 2.05) is 36.4 Å². The molecule has 0 aliphatic rings. The molecule has 134 valence electrons. The maximum Gasteiger partial charge on any atom is 0.246 e. The van der Waals surface area contributed by atoms with Crippen LogP contribution in [-0.4, -0.2) is 23.2 Å². The molecule has 0 bridgehead atoms. The van der Waals surface area contributed by atoms with Crippen molar-refractivity contribution in [1.29, 1.82) is 0 Å². The lowest BCUT2D eigenvalue weighted by Gasteiger charge is -2.04. The highest BCUT2D eigenvalue weighted by atomic mass is 35.5. The Morgan fingerprint density at radius 1 is 1.23 bits per heavy atom. The van der Waals surface area contributed by atoms with E-state index in [1.165, 1.54) is 0 Å². The molecule has 0 aliphatic heterocycles. The zero-order chi connectivity index (χ0) is 18.4. The van der Waals surface area contributed by atoms with Crippen molar-refractivity contribution in [3.05, 3.63) is 65.0 Å². The third-order valence-corrected chi connectivity index (χ3v) is 4.02. The van der Waals surface area contributed by atoms with Gasteiger partial charge in [-0.2, -0.15) is 4.98 Å². The SMILES string of the molecule is COc1ccc(CCC(=O)NCc2nc(-c3cccc(Cl)c3)no2)cc1. The van der Waals surface area contributed by atoms with Crippen LogP contribution in [0.4, 0.5) is 0 Å². The van der Waals surface area contributed by atoms with E-state index in [4.69, 9.17) is 20.9 Å². The number of amides is 1. The van der Waals surface area contributed by atoms with Crippen molar-refractivity contribution in [1.82, 2.24) is 15.5 Å². The summed E-state index contributed by atoms with van der Waals surface area (Å²) in [6, 6.07) is 14.8. The van der Waals surface area contributed by atoms with E-state index < -0.39 is 0 Å². The Morgan fingerprint density at radius 2 is 2.04 bits per heavy atom. The molecule has 3 rings (SSSR count). The van der Waals surface area contributed by atoms with Crippen LogP contribution in [0.5, 0.6) is 5.75 Å². The Kier molecular flexibility index (Phi) is 5.86. The number of hydrogen-bond acceptors (Lipinski definition) is 5. The van der Waals surface area contributed by atoms with Gasteiger partial charge in [-0.1, -0.05) is 41.0 Å². The summed E-state index contributed by atoms with van der Waals surface area (Å²) in [5.41, 5.74) is 1.83. The van der Waals surface area contributed by atoms with Gasteiger partial charge in [-0.05, 0) is 36.2 Å². The normalized spacial score (nSPS) is 10.5. The van der Waals surface area contributed by atoms with Crippen LogP contribution >= 0.6 is 11.6 Å². The zero-order valence-corrected chi connectivity index (χ0v) is 15.0. The molecule has 1 amide bonds. The molecular weight excluding hydrogens is 354 g/mol. The number of nitrogens with one attached hydrogen (secondary N) is 1. The molecule has 0 saturated heterocycles. The van der Waals surface area contributed by atoms with Crippen LogP contribution in [0.1, 0.15) is 17.9 Å². The van der Waals surface area contributed by atoms with Crippen LogP contribution in [0.3, 0.4) is 0 Å². The standard InChI is InChI=1S/C19H18ClN3O3/c1-25-16-8-5-13(6-9-16)7-10-17(24)21-12-18-22-19(23-26-18)14-3-2-4-15(20)11-14/h2-6,8-9,11H,7,10,12H2,1H3,(H,21,24). The Morgan fingerprint density at radius 3 is 2.77 bits per heavy atom. The molecule has 0 atom stereocenters. The van der Waals surface area contributed by atoms with Gasteiger partial charge in [-0.15, -0.1) is 0 Å². The molecule has 1 N–H and O–H groups in total. The number of carbonyl (C=O) groups excluding carboxylic acids is 1. The summed E-state index contributed by atoms with van der Waals surface area (Å²) in [5.74, 6) is 1.50. The Bertz CT molecular complexity index is 878. The number of methoxy groups -OCH3 is 1. The third-order valence-electron chi connectivity index (χ3n) is 3.79. The van der Waals surface area contributed by atoms with E-state index in [0.717, 1.165) is 16.9 Å². The highest BCUT2D eigenvalue weighted by Crippen LogP contribution is 2.19. The summed E-state index contributed by atoms with van der Waals surface area (Å²) < 4.78 is 10.3. The first-order valence-corrected chi connectivity index (χ1v) is 8.50. The van der Waals surface area contributed by atoms with E-state index in [9.17, 15) is 4.79 Å². The van der Waals surface area contributed by atoms with Crippen molar-refractivity contribution in [2.75, 3.05) is 7.11 Å². The molecule has 3 aromatic rings. The van der Waals surface area contributed by atoms with Crippen molar-refractivity contribution >= 4 is 17.5 Å². The Balaban J connectivity index is 1.48. The zero-order valence-electron chi connectivity index (χ0n) is 14.2. The third kappa shape index (κ3) is 4.83. The molecule has 6 nitrogen and oxygen atoms in total. The number of benzene rings is 2. The van der Waals surface area contributed by atoms with Crippen molar-refractivity contribution in [2.24, 2.45) is 0 Å². The largest absolute Gasteiger partial charge is 0.497 e. The molecule has 1 heterocycles. The van der Waals surface area contributed by atoms with Gasteiger partial charge in [0.15, 0.2) is 0 Å². The van der Waals surface area contributed by atoms with Crippen LogP contribution in [0.25, 0.3) is 11.4 Å². The minimum absolute atomic E-state index is 0.0803. The molecule has 0 saturated carbocycles. The summed E-state index contributed by atoms with van der Waals surface area (Å²) in [7, 11) is 1.62. The summed E-state index contributed by atoms with van der Waals surface area (Å²) in [4.78, 5) is 16.3. The fourth-order valence-electron chi connectivity index (χ4n) is 2.38. The summed E-state index contributed by atoms with van der Waals surface area (Å²) in [5, 5.41) is 7.29. The molecule has 1 aromatic heterocycles. The number of ether oxygens (including phenoxy) is 1. The topological polar surface area (TPSA) is 77.2 Å². The van der Waals surface area contributed by atoms with Gasteiger partial charge in [0.1, 0.15) is 5.75 Å². The molecule has 0 fully saturated rings. The van der Waals surface area contributed by atoms with Crippen LogP contribution in [0.2, 0.25) is 5.02 Å². The number of hydrogen-bond donors (Lipinski definition) is 1. The maximum atomic E-state index is 12.0. The van der Waals surface area contributed by atoms with E-state index in [2.05, 4.69) is 15.5 Å². The van der Waals surface area contributed by atoms with Crippen LogP contribution in [-0.2, 0) is 17.8 Å². The lowest BCUT2D eigenvalue weighted by Crippen LogP contribution is -2.23. The van der Waals surface area contributed by atoms with Crippen LogP contribution in [0, 0.1) is 0 Å². The molecule has 0 unspecified atom stereocenters. The van der Waals surface area contributed by atoms with Gasteiger partial charge in [-0.3, -0.25) is 4.79 Å². The van der Waals surface area contributed by atoms with Crippen molar-refractivity contribution < 1.29 is 14.1 Å². The number of halogens is 1. The second kappa shape index (κ2) is 8.49. The lowest BCUT2D eigenvalue weighted by atomic mass is 10.1. The van der Waals surface area contributed by atoms with Crippen molar-refractivity contribution in [3.8, 4) is 17.1 Å². The first-order valence-electron chi connectivity index (χ1n) is 8.12. The summed E-state index contributed by atoms with van der Waals surface area (Å²) in [6.07, 6.45) is 1.02. The van der Waals surface area contributed by atoms with E-state index in [0.29, 0.717) is 29.6 Å². The van der Waals surface area contributed by atoms with E-state index >= 15 is 0 Å². The average Bonchev–Trinajstić information content (AvgIpc) is 3.14. The quantitative estimate of drug-likeness (QED) is 0.686. The fraction of sp³-hybridized carbons (Fsp3) is 0.211. The van der Waals surface area contributed by atoms with Gasteiger partial charge in [0, 0.05) is 17.0 Å². The molecule has 0 spiro atoms. The number of nitrogens with zero attached hydrogens (tertiary/aromatic N) is 2. The van der Waals surface area contributed by atoms with Gasteiger partial charge in [0.25, 0.3) is 0 Å². The fourth-order valence-corrected chi connectivity index (χ4v) is 2.57. The maximum absolute atomic E-state index is 12.0. The van der Waals surface area contributed by atoms with Crippen LogP contribution in [0.15, 0.2) is 53.1 Å². The predicted octanol–water partition coefficient (Wildman–Crippen LogP) is 3.65. The van der Waals surface area contributed by atoms with Gasteiger partial charge in [0.2, 0.25) is 17.6 Å². The van der Waals surface area contributed by atoms with Crippen LogP contribution < -0.4 is 10.1 Å². The number of aryl methyl sites for hydroxylation is 1. The molecule has 0 radical (unpaired) electrons. The highest BCUT2D eigenvalue weighted by molar-refractivity contribution is 6.30. The van der Waals surface area contributed by atoms with Crippen molar-refractivity contribution in [2.45, 2.75) is 19.4 Å². The van der Waals surface area contributed by atoms with Gasteiger partial charge in [0.05, 0.1) is 13.7 Å². The summed E-state index contributed by atoms with van der Waals surface area (Å²) >= 11 is 5.96. The predicted molar refractivity (Wildman–Crippen MR) is 97.9 cm³/mol. The number of aromatic nitrogens is 2.